The molecule has 2 aromatic rings. The molecule has 2 aliphatic rings. The molecule has 0 atom stereocenters. The van der Waals surface area contributed by atoms with E-state index in [-0.39, 0.29) is 17.5 Å². The number of hydrogen-bond acceptors (Lipinski definition) is 3. The van der Waals surface area contributed by atoms with Gasteiger partial charge in [0.15, 0.2) is 11.6 Å². The second kappa shape index (κ2) is 9.63. The SMILES string of the molecule is O=C(C=Cc1ccccc1Cl)N1CCc2cc(F)c(OCCN3CCCCC3)cc21. The lowest BCUT2D eigenvalue weighted by atomic mass is 10.1. The smallest absolute Gasteiger partial charge is 0.251 e. The number of carbonyl (C=O) groups excluding carboxylic acids is 1. The summed E-state index contributed by atoms with van der Waals surface area (Å²) in [7, 11) is 0. The number of hydrogen-bond donors (Lipinski definition) is 0. The topological polar surface area (TPSA) is 32.8 Å². The van der Waals surface area contributed by atoms with E-state index >= 15 is 0 Å². The molecule has 1 amide bonds. The average Bonchev–Trinajstić information content (AvgIpc) is 3.16. The molecule has 158 valence electrons. The second-order valence-corrected chi connectivity index (χ2v) is 8.16. The summed E-state index contributed by atoms with van der Waals surface area (Å²) >= 11 is 6.15. The highest BCUT2D eigenvalue weighted by atomic mass is 35.5. The van der Waals surface area contributed by atoms with E-state index in [4.69, 9.17) is 16.3 Å². The molecule has 0 N–H and O–H groups in total. The summed E-state index contributed by atoms with van der Waals surface area (Å²) in [5.41, 5.74) is 2.33. The molecule has 0 spiro atoms. The largest absolute Gasteiger partial charge is 0.489 e. The predicted molar refractivity (Wildman–Crippen MR) is 119 cm³/mol. The fourth-order valence-corrected chi connectivity index (χ4v) is 4.26. The number of fused-ring (bicyclic) bond motifs is 1. The zero-order valence-electron chi connectivity index (χ0n) is 16.9. The second-order valence-electron chi connectivity index (χ2n) is 7.76. The monoisotopic (exact) mass is 428 g/mol. The zero-order valence-corrected chi connectivity index (χ0v) is 17.7. The highest BCUT2D eigenvalue weighted by molar-refractivity contribution is 6.32. The van der Waals surface area contributed by atoms with Crippen molar-refractivity contribution < 1.29 is 13.9 Å². The Morgan fingerprint density at radius 1 is 1.13 bits per heavy atom. The number of likely N-dealkylation sites (tertiary alicyclic amines) is 1. The molecule has 30 heavy (non-hydrogen) atoms. The van der Waals surface area contributed by atoms with Gasteiger partial charge in [0.1, 0.15) is 6.61 Å². The van der Waals surface area contributed by atoms with Crippen molar-refractivity contribution in [1.29, 1.82) is 0 Å². The van der Waals surface area contributed by atoms with Crippen LogP contribution in [0.1, 0.15) is 30.4 Å². The molecule has 4 nitrogen and oxygen atoms in total. The van der Waals surface area contributed by atoms with Gasteiger partial charge in [-0.2, -0.15) is 0 Å². The Hall–Kier alpha value is -2.37. The Bertz CT molecular complexity index is 941. The highest BCUT2D eigenvalue weighted by Crippen LogP contribution is 2.34. The lowest BCUT2D eigenvalue weighted by Crippen LogP contribution is -2.33. The fraction of sp³-hybridized carbons (Fsp3) is 0.375. The molecule has 2 aliphatic heterocycles. The van der Waals surface area contributed by atoms with Crippen molar-refractivity contribution >= 4 is 29.3 Å². The standard InChI is InChI=1S/C24H26ClFN2O2/c25-20-7-3-2-6-18(20)8-9-24(29)28-13-10-19-16-21(26)23(17-22(19)28)30-15-14-27-11-4-1-5-12-27/h2-3,6-9,16-17H,1,4-5,10-15H2. The number of halogens is 2. The Kier molecular flexibility index (Phi) is 6.70. The van der Waals surface area contributed by atoms with Crippen LogP contribution in [-0.4, -0.2) is 43.6 Å². The third-order valence-corrected chi connectivity index (χ3v) is 6.06. The van der Waals surface area contributed by atoms with Gasteiger partial charge < -0.3 is 9.64 Å². The summed E-state index contributed by atoms with van der Waals surface area (Å²) in [6.45, 7) is 3.92. The lowest BCUT2D eigenvalue weighted by molar-refractivity contribution is -0.114. The van der Waals surface area contributed by atoms with E-state index in [1.807, 2.05) is 18.2 Å². The number of ether oxygens (including phenoxy) is 1. The van der Waals surface area contributed by atoms with Gasteiger partial charge in [0.05, 0.1) is 5.69 Å². The average molecular weight is 429 g/mol. The van der Waals surface area contributed by atoms with Crippen molar-refractivity contribution in [3.8, 4) is 5.75 Å². The molecule has 0 bridgehead atoms. The van der Waals surface area contributed by atoms with E-state index < -0.39 is 0 Å². The maximum absolute atomic E-state index is 14.5. The Morgan fingerprint density at radius 3 is 2.73 bits per heavy atom. The van der Waals surface area contributed by atoms with Crippen LogP contribution in [0.4, 0.5) is 10.1 Å². The van der Waals surface area contributed by atoms with Crippen molar-refractivity contribution in [1.82, 2.24) is 4.90 Å². The molecule has 2 heterocycles. The molecule has 0 radical (unpaired) electrons. The first-order chi connectivity index (χ1) is 14.6. The molecule has 1 fully saturated rings. The van der Waals surface area contributed by atoms with Crippen LogP contribution in [0.2, 0.25) is 5.02 Å². The number of amides is 1. The number of nitrogens with zero attached hydrogens (tertiary/aromatic N) is 2. The highest BCUT2D eigenvalue weighted by Gasteiger charge is 2.25. The van der Waals surface area contributed by atoms with Gasteiger partial charge in [-0.05, 0) is 61.7 Å². The van der Waals surface area contributed by atoms with Crippen LogP contribution >= 0.6 is 11.6 Å². The maximum Gasteiger partial charge on any atom is 0.251 e. The van der Waals surface area contributed by atoms with Gasteiger partial charge in [-0.15, -0.1) is 0 Å². The van der Waals surface area contributed by atoms with Gasteiger partial charge in [0.25, 0.3) is 5.91 Å². The van der Waals surface area contributed by atoms with Crippen LogP contribution in [0.15, 0.2) is 42.5 Å². The van der Waals surface area contributed by atoms with Crippen LogP contribution in [0, 0.1) is 5.82 Å². The normalized spacial score (nSPS) is 16.8. The molecule has 6 heteroatoms. The number of piperidine rings is 1. The van der Waals surface area contributed by atoms with Crippen LogP contribution in [0.3, 0.4) is 0 Å². The van der Waals surface area contributed by atoms with Gasteiger partial charge in [-0.3, -0.25) is 9.69 Å². The Balaban J connectivity index is 1.43. The number of anilines is 1. The van der Waals surface area contributed by atoms with Crippen molar-refractivity contribution in [2.24, 2.45) is 0 Å². The van der Waals surface area contributed by atoms with E-state index in [1.54, 1.807) is 23.1 Å². The van der Waals surface area contributed by atoms with E-state index in [1.165, 1.54) is 31.4 Å². The van der Waals surface area contributed by atoms with Crippen LogP contribution < -0.4 is 9.64 Å². The summed E-state index contributed by atoms with van der Waals surface area (Å²) in [5, 5.41) is 0.592. The summed E-state index contributed by atoms with van der Waals surface area (Å²) < 4.78 is 20.2. The molecule has 0 saturated carbocycles. The molecular weight excluding hydrogens is 403 g/mol. The first-order valence-corrected chi connectivity index (χ1v) is 10.9. The fourth-order valence-electron chi connectivity index (χ4n) is 4.06. The quantitative estimate of drug-likeness (QED) is 0.610. The molecule has 0 aliphatic carbocycles. The van der Waals surface area contributed by atoms with E-state index in [9.17, 15) is 9.18 Å². The number of benzene rings is 2. The predicted octanol–water partition coefficient (Wildman–Crippen LogP) is 4.95. The molecule has 2 aromatic carbocycles. The Labute approximate surface area is 181 Å². The van der Waals surface area contributed by atoms with Crippen LogP contribution in [0.25, 0.3) is 6.08 Å². The van der Waals surface area contributed by atoms with Gasteiger partial charge >= 0.3 is 0 Å². The molecule has 4 rings (SSSR count). The van der Waals surface area contributed by atoms with Gasteiger partial charge in [-0.1, -0.05) is 36.2 Å². The minimum absolute atomic E-state index is 0.153. The first-order valence-electron chi connectivity index (χ1n) is 10.5. The van der Waals surface area contributed by atoms with E-state index in [0.717, 1.165) is 36.4 Å². The molecule has 1 saturated heterocycles. The van der Waals surface area contributed by atoms with Crippen molar-refractivity contribution in [2.45, 2.75) is 25.7 Å². The maximum atomic E-state index is 14.5. The lowest BCUT2D eigenvalue weighted by Gasteiger charge is -2.26. The molecule has 0 aromatic heterocycles. The van der Waals surface area contributed by atoms with Crippen LogP contribution in [-0.2, 0) is 11.2 Å². The summed E-state index contributed by atoms with van der Waals surface area (Å²) in [6.07, 6.45) is 7.56. The van der Waals surface area contributed by atoms with Crippen molar-refractivity contribution in [3.05, 3.63) is 64.4 Å². The zero-order chi connectivity index (χ0) is 20.9. The third-order valence-electron chi connectivity index (χ3n) is 5.72. The molecular formula is C24H26ClFN2O2. The summed E-state index contributed by atoms with van der Waals surface area (Å²) in [5.74, 6) is -0.312. The summed E-state index contributed by atoms with van der Waals surface area (Å²) in [6, 6.07) is 10.5. The van der Waals surface area contributed by atoms with Gasteiger partial charge in [0, 0.05) is 30.3 Å². The van der Waals surface area contributed by atoms with Gasteiger partial charge in [0.2, 0.25) is 0 Å². The van der Waals surface area contributed by atoms with Crippen LogP contribution in [0.5, 0.6) is 5.75 Å². The number of carbonyl (C=O) groups is 1. The van der Waals surface area contributed by atoms with Gasteiger partial charge in [-0.25, -0.2) is 4.39 Å². The first kappa shape index (κ1) is 20.9. The van der Waals surface area contributed by atoms with Crippen molar-refractivity contribution in [3.63, 3.8) is 0 Å². The van der Waals surface area contributed by atoms with E-state index in [0.29, 0.717) is 24.6 Å². The minimum Gasteiger partial charge on any atom is -0.489 e. The Morgan fingerprint density at radius 2 is 1.93 bits per heavy atom. The third kappa shape index (κ3) is 4.85. The van der Waals surface area contributed by atoms with Crippen molar-refractivity contribution in [2.75, 3.05) is 37.7 Å². The minimum atomic E-state index is -0.367. The van der Waals surface area contributed by atoms with E-state index in [2.05, 4.69) is 4.90 Å². The summed E-state index contributed by atoms with van der Waals surface area (Å²) in [4.78, 5) is 16.8. The molecule has 0 unspecified atom stereocenters. The number of rotatable bonds is 6.